The molecule has 190 valence electrons. The summed E-state index contributed by atoms with van der Waals surface area (Å²) in [6.45, 7) is 5.11. The maximum Gasteiger partial charge on any atom is 0.244 e. The van der Waals surface area contributed by atoms with Crippen molar-refractivity contribution in [2.24, 2.45) is 0 Å². The number of aryl methyl sites for hydroxylation is 1. The number of sulfonamides is 1. The number of carbonyl (C=O) groups excluding carboxylic acids is 2. The third-order valence-electron chi connectivity index (χ3n) is 6.49. The fourth-order valence-electron chi connectivity index (χ4n) is 4.44. The number of carbonyl (C=O) groups is 2. The summed E-state index contributed by atoms with van der Waals surface area (Å²) >= 11 is 6.23. The van der Waals surface area contributed by atoms with Crippen LogP contribution in [0.2, 0.25) is 5.02 Å². The Bertz CT molecular complexity index is 1180. The van der Waals surface area contributed by atoms with E-state index in [2.05, 4.69) is 5.32 Å². The standard InChI is InChI=1S/C26H34ClN3O4S/c1-18-9-7-10-21(15-18)16-29(20(3)26(32)28-22-11-5-6-12-22)25(31)17-30(35(4,33)34)24-14-8-13-23(27)19(24)2/h7-10,13-15,20,22H,5-6,11-12,16-17H2,1-4H3,(H,28,32). The molecule has 1 saturated carbocycles. The van der Waals surface area contributed by atoms with Crippen molar-refractivity contribution in [1.82, 2.24) is 10.2 Å². The molecule has 1 atom stereocenters. The van der Waals surface area contributed by atoms with Gasteiger partial charge in [-0.15, -0.1) is 0 Å². The minimum Gasteiger partial charge on any atom is -0.352 e. The Kier molecular flexibility index (Phi) is 8.83. The van der Waals surface area contributed by atoms with Gasteiger partial charge in [0.05, 0.1) is 11.9 Å². The topological polar surface area (TPSA) is 86.8 Å². The first-order valence-corrected chi connectivity index (χ1v) is 14.1. The van der Waals surface area contributed by atoms with E-state index >= 15 is 0 Å². The summed E-state index contributed by atoms with van der Waals surface area (Å²) in [5.74, 6) is -0.701. The number of hydrogen-bond acceptors (Lipinski definition) is 4. The van der Waals surface area contributed by atoms with E-state index in [1.165, 1.54) is 4.90 Å². The Morgan fingerprint density at radius 2 is 1.77 bits per heavy atom. The maximum absolute atomic E-state index is 13.6. The van der Waals surface area contributed by atoms with Crippen LogP contribution >= 0.6 is 11.6 Å². The second-order valence-corrected chi connectivity index (χ2v) is 11.6. The van der Waals surface area contributed by atoms with Gasteiger partial charge in [-0.3, -0.25) is 13.9 Å². The van der Waals surface area contributed by atoms with Crippen LogP contribution in [0.4, 0.5) is 5.69 Å². The van der Waals surface area contributed by atoms with Crippen molar-refractivity contribution in [1.29, 1.82) is 0 Å². The third kappa shape index (κ3) is 6.98. The van der Waals surface area contributed by atoms with Crippen LogP contribution in [0, 0.1) is 13.8 Å². The van der Waals surface area contributed by atoms with Crippen molar-refractivity contribution in [3.63, 3.8) is 0 Å². The zero-order valence-electron chi connectivity index (χ0n) is 20.8. The molecule has 0 aliphatic heterocycles. The molecule has 0 heterocycles. The minimum absolute atomic E-state index is 0.113. The number of hydrogen-bond donors (Lipinski definition) is 1. The van der Waals surface area contributed by atoms with Crippen molar-refractivity contribution in [3.8, 4) is 0 Å². The number of nitrogens with zero attached hydrogens (tertiary/aromatic N) is 2. The molecule has 0 saturated heterocycles. The van der Waals surface area contributed by atoms with E-state index in [4.69, 9.17) is 11.6 Å². The van der Waals surface area contributed by atoms with Gasteiger partial charge in [0, 0.05) is 17.6 Å². The van der Waals surface area contributed by atoms with E-state index in [1.54, 1.807) is 32.0 Å². The van der Waals surface area contributed by atoms with Gasteiger partial charge in [0.1, 0.15) is 12.6 Å². The highest BCUT2D eigenvalue weighted by Crippen LogP contribution is 2.28. The smallest absolute Gasteiger partial charge is 0.244 e. The van der Waals surface area contributed by atoms with Gasteiger partial charge >= 0.3 is 0 Å². The molecule has 0 aromatic heterocycles. The Morgan fingerprint density at radius 1 is 1.11 bits per heavy atom. The summed E-state index contributed by atoms with van der Waals surface area (Å²) in [7, 11) is -3.80. The molecule has 2 aromatic rings. The molecule has 0 radical (unpaired) electrons. The molecule has 1 aliphatic rings. The van der Waals surface area contributed by atoms with E-state index in [1.807, 2.05) is 31.2 Å². The van der Waals surface area contributed by atoms with E-state index in [-0.39, 0.29) is 18.5 Å². The third-order valence-corrected chi connectivity index (χ3v) is 8.03. The first-order chi connectivity index (χ1) is 16.5. The highest BCUT2D eigenvalue weighted by atomic mass is 35.5. The van der Waals surface area contributed by atoms with Crippen molar-refractivity contribution in [2.45, 2.75) is 65.1 Å². The highest BCUT2D eigenvalue weighted by Gasteiger charge is 2.32. The molecule has 1 N–H and O–H groups in total. The van der Waals surface area contributed by atoms with Crippen LogP contribution in [0.1, 0.15) is 49.3 Å². The first kappa shape index (κ1) is 27.0. The van der Waals surface area contributed by atoms with Crippen molar-refractivity contribution >= 4 is 39.1 Å². The molecule has 35 heavy (non-hydrogen) atoms. The lowest BCUT2D eigenvalue weighted by molar-refractivity contribution is -0.139. The Hall–Kier alpha value is -2.58. The van der Waals surface area contributed by atoms with Gasteiger partial charge in [0.15, 0.2) is 0 Å². The van der Waals surface area contributed by atoms with E-state index < -0.39 is 28.5 Å². The molecule has 2 aromatic carbocycles. The van der Waals surface area contributed by atoms with Gasteiger partial charge in [0.2, 0.25) is 21.8 Å². The molecule has 0 bridgehead atoms. The predicted molar refractivity (Wildman–Crippen MR) is 140 cm³/mol. The average Bonchev–Trinajstić information content (AvgIpc) is 3.29. The lowest BCUT2D eigenvalue weighted by Gasteiger charge is -2.32. The largest absolute Gasteiger partial charge is 0.352 e. The lowest BCUT2D eigenvalue weighted by atomic mass is 10.1. The molecule has 7 nitrogen and oxygen atoms in total. The van der Waals surface area contributed by atoms with Crippen LogP contribution in [-0.4, -0.2) is 50.0 Å². The quantitative estimate of drug-likeness (QED) is 0.538. The summed E-state index contributed by atoms with van der Waals surface area (Å²) in [4.78, 5) is 28.2. The number of amides is 2. The Morgan fingerprint density at radius 3 is 2.40 bits per heavy atom. The van der Waals surface area contributed by atoms with Gasteiger partial charge < -0.3 is 10.2 Å². The monoisotopic (exact) mass is 519 g/mol. The van der Waals surface area contributed by atoms with Crippen molar-refractivity contribution in [2.75, 3.05) is 17.1 Å². The summed E-state index contributed by atoms with van der Waals surface area (Å²) in [6, 6.07) is 12.0. The second-order valence-electron chi connectivity index (χ2n) is 9.33. The minimum atomic E-state index is -3.80. The summed E-state index contributed by atoms with van der Waals surface area (Å²) < 4.78 is 26.5. The number of rotatable bonds is 9. The zero-order valence-corrected chi connectivity index (χ0v) is 22.3. The summed E-state index contributed by atoms with van der Waals surface area (Å²) in [5, 5.41) is 3.47. The lowest BCUT2D eigenvalue weighted by Crippen LogP contribution is -2.52. The Labute approximate surface area is 213 Å². The summed E-state index contributed by atoms with van der Waals surface area (Å²) in [5.41, 5.74) is 2.80. The van der Waals surface area contributed by atoms with Crippen LogP contribution in [0.15, 0.2) is 42.5 Å². The van der Waals surface area contributed by atoms with Gasteiger partial charge in [-0.05, 0) is 56.9 Å². The SMILES string of the molecule is Cc1cccc(CN(C(=O)CN(c2cccc(Cl)c2C)S(C)(=O)=O)C(C)C(=O)NC2CCCC2)c1. The summed E-state index contributed by atoms with van der Waals surface area (Å²) in [6.07, 6.45) is 5.07. The second kappa shape index (κ2) is 11.4. The van der Waals surface area contributed by atoms with Crippen molar-refractivity contribution < 1.29 is 18.0 Å². The van der Waals surface area contributed by atoms with Crippen LogP contribution in [-0.2, 0) is 26.2 Å². The fourth-order valence-corrected chi connectivity index (χ4v) is 5.51. The predicted octanol–water partition coefficient (Wildman–Crippen LogP) is 4.20. The highest BCUT2D eigenvalue weighted by molar-refractivity contribution is 7.92. The van der Waals surface area contributed by atoms with Crippen molar-refractivity contribution in [3.05, 3.63) is 64.2 Å². The maximum atomic E-state index is 13.6. The molecule has 3 rings (SSSR count). The molecule has 2 amide bonds. The Balaban J connectivity index is 1.91. The van der Waals surface area contributed by atoms with Crippen LogP contribution < -0.4 is 9.62 Å². The molecule has 9 heteroatoms. The first-order valence-electron chi connectivity index (χ1n) is 11.9. The van der Waals surface area contributed by atoms with E-state index in [0.717, 1.165) is 47.4 Å². The van der Waals surface area contributed by atoms with E-state index in [0.29, 0.717) is 16.3 Å². The molecule has 1 fully saturated rings. The van der Waals surface area contributed by atoms with Crippen LogP contribution in [0.25, 0.3) is 0 Å². The number of anilines is 1. The molecule has 0 spiro atoms. The number of halogens is 1. The van der Waals surface area contributed by atoms with Crippen LogP contribution in [0.5, 0.6) is 0 Å². The van der Waals surface area contributed by atoms with Crippen LogP contribution in [0.3, 0.4) is 0 Å². The van der Waals surface area contributed by atoms with Gasteiger partial charge in [-0.25, -0.2) is 8.42 Å². The van der Waals surface area contributed by atoms with Gasteiger partial charge in [-0.2, -0.15) is 0 Å². The molecular weight excluding hydrogens is 486 g/mol. The van der Waals surface area contributed by atoms with Gasteiger partial charge in [0.25, 0.3) is 0 Å². The van der Waals surface area contributed by atoms with E-state index in [9.17, 15) is 18.0 Å². The average molecular weight is 520 g/mol. The zero-order chi connectivity index (χ0) is 25.8. The molecule has 1 aliphatic carbocycles. The normalized spacial score (nSPS) is 15.0. The fraction of sp³-hybridized carbons (Fsp3) is 0.462. The number of nitrogens with one attached hydrogen (secondary N) is 1. The van der Waals surface area contributed by atoms with Gasteiger partial charge in [-0.1, -0.05) is 60.3 Å². The molecule has 1 unspecified atom stereocenters. The molecular formula is C26H34ClN3O4S. The number of benzene rings is 2.